The van der Waals surface area contributed by atoms with Gasteiger partial charge in [-0.3, -0.25) is 19.2 Å². The second-order valence-corrected chi connectivity index (χ2v) is 29.7. The van der Waals surface area contributed by atoms with Crippen LogP contribution in [0.4, 0.5) is 19.2 Å². The lowest BCUT2D eigenvalue weighted by atomic mass is 9.57. The fraction of sp³-hybridized carbons (Fsp3) is 0.516. The van der Waals surface area contributed by atoms with Crippen LogP contribution in [0.3, 0.4) is 0 Å². The van der Waals surface area contributed by atoms with Gasteiger partial charge in [0.2, 0.25) is 0 Å². The Kier molecular flexibility index (Phi) is 40.2. The highest BCUT2D eigenvalue weighted by Gasteiger charge is 2.58. The topological polar surface area (TPSA) is 375 Å². The summed E-state index contributed by atoms with van der Waals surface area (Å²) in [5.41, 5.74) is 5.57. The number of carboxylic acid groups (broad SMARTS) is 1. The number of hydrogen-bond acceptors (Lipinski definition) is 23. The number of rotatable bonds is 24. The van der Waals surface area contributed by atoms with Crippen LogP contribution in [-0.2, 0) is 110 Å². The van der Waals surface area contributed by atoms with E-state index in [0.717, 1.165) is 84.8 Å². The molecule has 646 valence electrons. The highest BCUT2D eigenvalue weighted by atomic mass is 16.6. The zero-order valence-corrected chi connectivity index (χ0v) is 67.7. The van der Waals surface area contributed by atoms with Gasteiger partial charge in [-0.05, 0) is 196 Å². The lowest BCUT2D eigenvalue weighted by molar-refractivity contribution is -0.156. The Morgan fingerprint density at radius 2 is 0.966 bits per heavy atom. The van der Waals surface area contributed by atoms with Crippen LogP contribution in [0.5, 0.6) is 0 Å². The maximum Gasteiger partial charge on any atom is 0.407 e. The standard InChI is InChI=1S/2C24H29NO6.C24H27NO6.C17H25NO6.2CH4/c1-3-29-24(28)25-17-9-10-18-16(11-17)12-19-20(14(2)31-22(19)26)21(18)23(27)30-13-15-7-5-4-6-8-15;2*1-3-29-24(28)25-21-11-7-10-19(16-21)13-15-23(27)31-18(2)12-14-22(26)30-17-20-8-5-4-6-9-20;1-3-23-17(22)18-10-4-5-11-9(6-10)7-12-13(14(11)15(19)20)8(2)24-16(12)21;;/h4-8,12,14,17-21H,3,9-11,13H2,1-2H3,(H,25,28);4-6,8-10,12-15,18,21H,3,7,11,16-17H2,1-2H3,(H,25,28);4-6,8-10,13,15,18,21H,3,7,11,16-17H2,1-2H3,(H,25,28);8-14H,3-7H2,1-2H3,(H,18,22)(H,19,20);2*1H4/b;14-12-,15-13+;15-13+;;;/t14-,17-,18-,19-,20-,21+;18?,21-;18-,21-;8-,9?,10-,11-,12-,13-,14+;;/m1111../s1. The molecule has 11 rings (SSSR count). The molecule has 5 fully saturated rings. The quantitative estimate of drug-likeness (QED) is 0.0139. The number of alkyl carbamates (subject to hydrolysis) is 4. The summed E-state index contributed by atoms with van der Waals surface area (Å²) >= 11 is 0. The number of ether oxygens (including phenoxy) is 11. The maximum atomic E-state index is 13.3. The number of esters is 7. The maximum absolute atomic E-state index is 13.3. The van der Waals surface area contributed by atoms with Crippen LogP contribution in [0.15, 0.2) is 162 Å². The fourth-order valence-corrected chi connectivity index (χ4v) is 16.2. The van der Waals surface area contributed by atoms with Gasteiger partial charge in [-0.15, -0.1) is 0 Å². The van der Waals surface area contributed by atoms with Crippen LogP contribution in [0.2, 0.25) is 0 Å². The van der Waals surface area contributed by atoms with Crippen molar-refractivity contribution in [2.75, 3.05) is 26.4 Å². The van der Waals surface area contributed by atoms with Crippen molar-refractivity contribution in [1.82, 2.24) is 21.3 Å². The second-order valence-electron chi connectivity index (χ2n) is 29.7. The molecular formula is C91H118N4O24. The second kappa shape index (κ2) is 49.7. The Bertz CT molecular complexity index is 4150. The summed E-state index contributed by atoms with van der Waals surface area (Å²) < 4.78 is 56.8. The number of fused-ring (bicyclic) bond motifs is 4. The summed E-state index contributed by atoms with van der Waals surface area (Å²) in [5, 5.41) is 21.1. The van der Waals surface area contributed by atoms with Crippen LogP contribution < -0.4 is 21.3 Å². The van der Waals surface area contributed by atoms with Crippen molar-refractivity contribution >= 4 is 72.1 Å². The van der Waals surface area contributed by atoms with Crippen LogP contribution in [0.1, 0.15) is 170 Å². The molecule has 0 spiro atoms. The number of hydrogen-bond donors (Lipinski definition) is 5. The fourth-order valence-electron chi connectivity index (χ4n) is 16.2. The molecular weight excluding hydrogens is 1530 g/mol. The number of aliphatic carboxylic acids is 1. The zero-order chi connectivity index (χ0) is 84.3. The molecule has 3 saturated carbocycles. The average Bonchev–Trinajstić information content (AvgIpc) is 1.65. The van der Waals surface area contributed by atoms with Gasteiger partial charge < -0.3 is 78.5 Å². The van der Waals surface area contributed by atoms with E-state index in [9.17, 15) is 62.6 Å². The molecule has 2 saturated heterocycles. The summed E-state index contributed by atoms with van der Waals surface area (Å²) in [6.07, 6.45) is 20.3. The first-order chi connectivity index (χ1) is 56.3. The number of nitrogens with one attached hydrogen (secondary N) is 4. The van der Waals surface area contributed by atoms with E-state index in [-0.39, 0.29) is 124 Å². The number of allylic oxidation sites excluding steroid dienone is 4. The van der Waals surface area contributed by atoms with Crippen molar-refractivity contribution in [2.24, 2.45) is 53.3 Å². The van der Waals surface area contributed by atoms with E-state index in [1.54, 1.807) is 60.6 Å². The van der Waals surface area contributed by atoms with Gasteiger partial charge in [0.15, 0.2) is 6.10 Å². The first kappa shape index (κ1) is 96.3. The summed E-state index contributed by atoms with van der Waals surface area (Å²) in [6, 6.07) is 28.0. The number of amides is 4. The van der Waals surface area contributed by atoms with Gasteiger partial charge in [-0.25, -0.2) is 38.4 Å². The molecule has 8 aliphatic rings. The molecule has 119 heavy (non-hydrogen) atoms. The van der Waals surface area contributed by atoms with E-state index in [4.69, 9.17) is 52.1 Å². The lowest BCUT2D eigenvalue weighted by Gasteiger charge is -2.46. The van der Waals surface area contributed by atoms with Crippen molar-refractivity contribution in [3.05, 3.63) is 179 Å². The Morgan fingerprint density at radius 1 is 0.504 bits per heavy atom. The van der Waals surface area contributed by atoms with Gasteiger partial charge in [-0.2, -0.15) is 0 Å². The molecule has 3 aromatic rings. The predicted molar refractivity (Wildman–Crippen MR) is 439 cm³/mol. The molecule has 6 aliphatic carbocycles. The molecule has 0 aromatic heterocycles. The third-order valence-corrected chi connectivity index (χ3v) is 21.4. The SMILES string of the molecule is C.C.CCOC(=O)N[C@@H]1CCC=C(/C=C/C(=O)OC(C)/C=C\C(=O)OCc2ccccc2)C1.CCOC(=O)N[C@@H]1CCC=C(/C=C/C(=O)O[C@H](C)C#CC(=O)OCc2ccccc2)C1.CCOC(=O)N[C@@H]1CC[C@@H]2C(=C[C@H]3C(=O)O[C@H](C)[C@H]3[C@H]2C(=O)OCc2ccccc2)C1.CCOC(=O)N[C@@H]1CC[C@@H]2C(C1)C[C@H]1C(=O)O[C@H](C)[C@H]1[C@H]2C(=O)O. The Hall–Kier alpha value is -11.5. The van der Waals surface area contributed by atoms with Gasteiger partial charge in [0.1, 0.15) is 38.1 Å². The molecule has 0 bridgehead atoms. The van der Waals surface area contributed by atoms with E-state index in [2.05, 4.69) is 33.1 Å². The third-order valence-electron chi connectivity index (χ3n) is 21.4. The monoisotopic (exact) mass is 1650 g/mol. The smallest absolute Gasteiger partial charge is 0.407 e. The van der Waals surface area contributed by atoms with Crippen molar-refractivity contribution in [3.8, 4) is 11.8 Å². The average molecular weight is 1650 g/mol. The minimum absolute atomic E-state index is 0. The molecule has 28 nitrogen and oxygen atoms in total. The van der Waals surface area contributed by atoms with E-state index < -0.39 is 84.2 Å². The van der Waals surface area contributed by atoms with Gasteiger partial charge in [0.05, 0.1) is 50.1 Å². The zero-order valence-electron chi connectivity index (χ0n) is 67.7. The van der Waals surface area contributed by atoms with Gasteiger partial charge in [0.25, 0.3) is 0 Å². The molecule has 28 heteroatoms. The highest BCUT2D eigenvalue weighted by molar-refractivity contribution is 5.89. The van der Waals surface area contributed by atoms with Gasteiger partial charge in [0, 0.05) is 60.2 Å². The number of benzene rings is 3. The minimum atomic E-state index is -0.832. The summed E-state index contributed by atoms with van der Waals surface area (Å²) in [6.45, 7) is 15.7. The molecule has 2 aliphatic heterocycles. The van der Waals surface area contributed by atoms with Crippen molar-refractivity contribution in [1.29, 1.82) is 0 Å². The Balaban J connectivity index is 0.000000246. The van der Waals surface area contributed by atoms with Crippen LogP contribution >= 0.6 is 0 Å². The van der Waals surface area contributed by atoms with E-state index in [1.807, 2.05) is 116 Å². The normalized spacial score (nSPS) is 25.2. The van der Waals surface area contributed by atoms with E-state index >= 15 is 0 Å². The minimum Gasteiger partial charge on any atom is -0.481 e. The largest absolute Gasteiger partial charge is 0.481 e. The van der Waals surface area contributed by atoms with Gasteiger partial charge >= 0.3 is 72.1 Å². The Morgan fingerprint density at radius 3 is 1.48 bits per heavy atom. The summed E-state index contributed by atoms with van der Waals surface area (Å²) in [5.74, 6) is -1.13. The van der Waals surface area contributed by atoms with Crippen molar-refractivity contribution < 1.29 is 115 Å². The van der Waals surface area contributed by atoms with Crippen LogP contribution in [0, 0.1) is 65.1 Å². The van der Waals surface area contributed by atoms with Crippen LogP contribution in [0.25, 0.3) is 0 Å². The Labute approximate surface area is 697 Å². The molecule has 4 amide bonds. The molecule has 5 N–H and O–H groups in total. The first-order valence-corrected chi connectivity index (χ1v) is 40.4. The van der Waals surface area contributed by atoms with E-state index in [1.165, 1.54) is 24.3 Å². The first-order valence-electron chi connectivity index (χ1n) is 40.4. The highest BCUT2D eigenvalue weighted by Crippen LogP contribution is 2.54. The van der Waals surface area contributed by atoms with Crippen molar-refractivity contribution in [2.45, 2.75) is 222 Å². The summed E-state index contributed by atoms with van der Waals surface area (Å²) in [7, 11) is 0. The predicted octanol–water partition coefficient (Wildman–Crippen LogP) is 13.9. The van der Waals surface area contributed by atoms with Gasteiger partial charge in [-0.1, -0.05) is 142 Å². The molecule has 2 unspecified atom stereocenters. The molecule has 2 heterocycles. The summed E-state index contributed by atoms with van der Waals surface area (Å²) in [4.78, 5) is 144. The third kappa shape index (κ3) is 31.1. The number of cyclic esters (lactones) is 2. The lowest BCUT2D eigenvalue weighted by Crippen LogP contribution is -2.51. The number of carboxylic acids is 1. The molecule has 17 atom stereocenters. The van der Waals surface area contributed by atoms with Crippen LogP contribution in [-0.4, -0.2) is 152 Å². The molecule has 0 radical (unpaired) electrons. The van der Waals surface area contributed by atoms with E-state index in [0.29, 0.717) is 58.5 Å². The number of carbonyl (C=O) groups is 12. The number of carbonyl (C=O) groups excluding carboxylic acids is 11. The molecule has 3 aromatic carbocycles. The van der Waals surface area contributed by atoms with Crippen molar-refractivity contribution in [3.63, 3.8) is 0 Å².